The summed E-state index contributed by atoms with van der Waals surface area (Å²) in [5, 5.41) is 3.19. The minimum absolute atomic E-state index is 0.122. The van der Waals surface area contributed by atoms with E-state index in [1.165, 1.54) is 6.08 Å². The van der Waals surface area contributed by atoms with E-state index in [4.69, 9.17) is 32.7 Å². The van der Waals surface area contributed by atoms with Crippen LogP contribution in [-0.4, -0.2) is 17.8 Å². The highest BCUT2D eigenvalue weighted by atomic mass is 79.9. The largest absolute Gasteiger partial charge is 0.489 e. The Hall–Kier alpha value is -4.11. The molecule has 1 aliphatic rings. The van der Waals surface area contributed by atoms with Crippen LogP contribution < -0.4 is 19.7 Å². The molecule has 206 valence electrons. The summed E-state index contributed by atoms with van der Waals surface area (Å²) in [5.41, 5.74) is 2.20. The minimum atomic E-state index is -0.849. The molecule has 1 heterocycles. The number of hydrogen-bond donors (Lipinski definition) is 1. The van der Waals surface area contributed by atoms with Gasteiger partial charge < -0.3 is 9.47 Å². The van der Waals surface area contributed by atoms with Gasteiger partial charge in [-0.2, -0.15) is 0 Å². The van der Waals surface area contributed by atoms with E-state index in [2.05, 4.69) is 21.2 Å². The van der Waals surface area contributed by atoms with Crippen LogP contribution in [0.5, 0.6) is 11.5 Å². The van der Waals surface area contributed by atoms with Crippen LogP contribution in [0.2, 0.25) is 10.0 Å². The highest BCUT2D eigenvalue weighted by Gasteiger charge is 2.37. The molecule has 1 fully saturated rings. The first kappa shape index (κ1) is 28.4. The van der Waals surface area contributed by atoms with E-state index in [9.17, 15) is 14.4 Å². The van der Waals surface area contributed by atoms with Gasteiger partial charge in [0.05, 0.1) is 5.69 Å². The van der Waals surface area contributed by atoms with E-state index in [0.29, 0.717) is 43.8 Å². The number of carbonyl (C=O) groups is 3. The van der Waals surface area contributed by atoms with Crippen molar-refractivity contribution in [3.63, 3.8) is 0 Å². The van der Waals surface area contributed by atoms with Gasteiger partial charge in [0.1, 0.15) is 30.3 Å². The second-order valence-corrected chi connectivity index (χ2v) is 10.7. The molecule has 0 bridgehead atoms. The van der Waals surface area contributed by atoms with Crippen LogP contribution >= 0.6 is 39.1 Å². The van der Waals surface area contributed by atoms with Crippen molar-refractivity contribution in [3.8, 4) is 11.5 Å². The number of hydrogen-bond acceptors (Lipinski definition) is 5. The van der Waals surface area contributed by atoms with Crippen molar-refractivity contribution in [1.29, 1.82) is 0 Å². The van der Waals surface area contributed by atoms with Gasteiger partial charge in [0.15, 0.2) is 0 Å². The maximum atomic E-state index is 13.5. The highest BCUT2D eigenvalue weighted by molar-refractivity contribution is 9.10. The lowest BCUT2D eigenvalue weighted by Crippen LogP contribution is -2.54. The van der Waals surface area contributed by atoms with E-state index in [1.54, 1.807) is 60.7 Å². The van der Waals surface area contributed by atoms with Crippen LogP contribution in [0.15, 0.2) is 101 Å². The molecule has 41 heavy (non-hydrogen) atoms. The zero-order valence-electron chi connectivity index (χ0n) is 21.3. The number of benzene rings is 4. The summed E-state index contributed by atoms with van der Waals surface area (Å²) >= 11 is 15.7. The average Bonchev–Trinajstić information content (AvgIpc) is 2.95. The molecule has 0 saturated carbocycles. The lowest BCUT2D eigenvalue weighted by molar-refractivity contribution is -0.122. The van der Waals surface area contributed by atoms with Gasteiger partial charge in [0.2, 0.25) is 0 Å². The van der Waals surface area contributed by atoms with E-state index >= 15 is 0 Å². The van der Waals surface area contributed by atoms with Gasteiger partial charge in [-0.05, 0) is 66.2 Å². The molecular weight excluding hydrogens is 631 g/mol. The fourth-order valence-corrected chi connectivity index (χ4v) is 4.88. The van der Waals surface area contributed by atoms with Crippen molar-refractivity contribution in [3.05, 3.63) is 128 Å². The molecule has 1 saturated heterocycles. The normalized spacial score (nSPS) is 14.3. The molecule has 0 spiro atoms. The first-order chi connectivity index (χ1) is 19.8. The zero-order valence-corrected chi connectivity index (χ0v) is 24.4. The molecular formula is C31H21BrCl2N2O5. The van der Waals surface area contributed by atoms with Crippen molar-refractivity contribution in [2.45, 2.75) is 13.2 Å². The molecule has 4 amide bonds. The number of ether oxygens (including phenoxy) is 2. The molecule has 0 aromatic heterocycles. The summed E-state index contributed by atoms with van der Waals surface area (Å²) in [4.78, 5) is 39.8. The number of amides is 4. The van der Waals surface area contributed by atoms with Gasteiger partial charge in [-0.3, -0.25) is 14.9 Å². The molecule has 4 aromatic rings. The molecule has 0 radical (unpaired) electrons. The molecule has 5 rings (SSSR count). The van der Waals surface area contributed by atoms with Crippen LogP contribution in [0.1, 0.15) is 16.7 Å². The van der Waals surface area contributed by atoms with Gasteiger partial charge in [-0.25, -0.2) is 9.69 Å². The number of nitrogens with one attached hydrogen (secondary N) is 1. The molecule has 1 N–H and O–H groups in total. The Morgan fingerprint density at radius 2 is 1.59 bits per heavy atom. The quantitative estimate of drug-likeness (QED) is 0.157. The molecule has 0 aliphatic carbocycles. The fraction of sp³-hybridized carbons (Fsp3) is 0.0645. The maximum absolute atomic E-state index is 13.5. The Kier molecular flexibility index (Phi) is 8.73. The van der Waals surface area contributed by atoms with E-state index in [-0.39, 0.29) is 17.9 Å². The number of nitrogens with zero attached hydrogens (tertiary/aromatic N) is 1. The second kappa shape index (κ2) is 12.6. The Morgan fingerprint density at radius 3 is 2.32 bits per heavy atom. The lowest BCUT2D eigenvalue weighted by atomic mass is 10.1. The third-order valence-corrected chi connectivity index (χ3v) is 7.20. The molecule has 1 aliphatic heterocycles. The maximum Gasteiger partial charge on any atom is 0.335 e. The van der Waals surface area contributed by atoms with Gasteiger partial charge in [-0.15, -0.1) is 0 Å². The SMILES string of the molecule is O=C1NC(=O)N(c2ccc(OCc3ccccc3)cc2)C(=O)/C1=C/c1cc(Br)ccc1OCc1ccc(Cl)cc1Cl. The molecule has 0 unspecified atom stereocenters. The second-order valence-electron chi connectivity index (χ2n) is 8.93. The number of barbiturate groups is 1. The summed E-state index contributed by atoms with van der Waals surface area (Å²) in [6, 6.07) is 25.5. The molecule has 4 aromatic carbocycles. The standard InChI is InChI=1S/C31H21BrCl2N2O5/c32-22-7-13-28(41-18-20-6-8-23(33)16-27(20)34)21(14-22)15-26-29(37)35-31(39)36(30(26)38)24-9-11-25(12-10-24)40-17-19-4-2-1-3-5-19/h1-16H,17-18H2,(H,35,37,39)/b26-15+. The predicted molar refractivity (Wildman–Crippen MR) is 161 cm³/mol. The van der Waals surface area contributed by atoms with Crippen molar-refractivity contribution < 1.29 is 23.9 Å². The number of anilines is 1. The topological polar surface area (TPSA) is 84.9 Å². The van der Waals surface area contributed by atoms with Gasteiger partial charge in [-0.1, -0.05) is 75.5 Å². The molecule has 7 nitrogen and oxygen atoms in total. The van der Waals surface area contributed by atoms with Crippen LogP contribution in [-0.2, 0) is 22.8 Å². The van der Waals surface area contributed by atoms with Crippen LogP contribution in [0.25, 0.3) is 6.08 Å². The number of rotatable bonds is 8. The number of urea groups is 1. The third kappa shape index (κ3) is 6.79. The number of imide groups is 2. The van der Waals surface area contributed by atoms with Gasteiger partial charge in [0, 0.05) is 25.6 Å². The Bertz CT molecular complexity index is 1660. The number of carbonyl (C=O) groups excluding carboxylic acids is 3. The smallest absolute Gasteiger partial charge is 0.335 e. The molecule has 10 heteroatoms. The average molecular weight is 652 g/mol. The van der Waals surface area contributed by atoms with E-state index in [1.807, 2.05) is 30.3 Å². The van der Waals surface area contributed by atoms with Crippen molar-refractivity contribution in [1.82, 2.24) is 5.32 Å². The minimum Gasteiger partial charge on any atom is -0.489 e. The van der Waals surface area contributed by atoms with Crippen molar-refractivity contribution in [2.24, 2.45) is 0 Å². The highest BCUT2D eigenvalue weighted by Crippen LogP contribution is 2.30. The Balaban J connectivity index is 1.37. The predicted octanol–water partition coefficient (Wildman–Crippen LogP) is 7.58. The van der Waals surface area contributed by atoms with Crippen LogP contribution in [0.3, 0.4) is 0 Å². The van der Waals surface area contributed by atoms with Crippen LogP contribution in [0.4, 0.5) is 10.5 Å². The summed E-state index contributed by atoms with van der Waals surface area (Å²) in [5.74, 6) is -0.629. The van der Waals surface area contributed by atoms with Crippen molar-refractivity contribution in [2.75, 3.05) is 4.90 Å². The van der Waals surface area contributed by atoms with E-state index < -0.39 is 17.8 Å². The zero-order chi connectivity index (χ0) is 28.9. The molecule has 0 atom stereocenters. The first-order valence-electron chi connectivity index (χ1n) is 12.3. The number of halogens is 3. The van der Waals surface area contributed by atoms with Crippen LogP contribution in [0, 0.1) is 0 Å². The monoisotopic (exact) mass is 650 g/mol. The summed E-state index contributed by atoms with van der Waals surface area (Å²) in [7, 11) is 0. The van der Waals surface area contributed by atoms with E-state index in [0.717, 1.165) is 10.5 Å². The van der Waals surface area contributed by atoms with Crippen molar-refractivity contribution >= 4 is 68.7 Å². The summed E-state index contributed by atoms with van der Waals surface area (Å²) < 4.78 is 12.5. The summed E-state index contributed by atoms with van der Waals surface area (Å²) in [6.07, 6.45) is 1.39. The Labute approximate surface area is 254 Å². The summed E-state index contributed by atoms with van der Waals surface area (Å²) in [6.45, 7) is 0.489. The first-order valence-corrected chi connectivity index (χ1v) is 13.9. The third-order valence-electron chi connectivity index (χ3n) is 6.11. The van der Waals surface area contributed by atoms with Gasteiger partial charge >= 0.3 is 6.03 Å². The lowest BCUT2D eigenvalue weighted by Gasteiger charge is -2.26. The van der Waals surface area contributed by atoms with Gasteiger partial charge in [0.25, 0.3) is 11.8 Å². The Morgan fingerprint density at radius 1 is 0.829 bits per heavy atom. The fourth-order valence-electron chi connectivity index (χ4n) is 4.04.